The molecule has 1 heterocycles. The molecule has 0 saturated heterocycles. The van der Waals surface area contributed by atoms with Gasteiger partial charge in [0.15, 0.2) is 5.69 Å². The Bertz CT molecular complexity index is 837. The van der Waals surface area contributed by atoms with Crippen LogP contribution in [0.1, 0.15) is 22.4 Å². The van der Waals surface area contributed by atoms with Crippen LogP contribution in [0.25, 0.3) is 5.69 Å². The minimum atomic E-state index is -5.64. The van der Waals surface area contributed by atoms with Crippen LogP contribution >= 0.6 is 0 Å². The molecule has 0 aliphatic heterocycles. The first-order valence-corrected chi connectivity index (χ1v) is 7.08. The SMILES string of the molecule is FCc1cc(C(F)(F)F)cc(-n2ncc(C(F)(F)F)c2C(F)(F)F)c1[O][Al]. The minimum absolute atomic E-state index is 0.0843. The van der Waals surface area contributed by atoms with E-state index in [1.165, 1.54) is 16.6 Å². The van der Waals surface area contributed by atoms with Crippen molar-refractivity contribution in [3.05, 3.63) is 40.7 Å². The standard InChI is InChI=1S/C13H6F10N2O.Al/c14-3-5-1-6(11(15,16)17)2-8(9(5)26)25-10(13(21,22)23)7(4-24-25)12(18,19)20;/h1-2,4,26H,3H2;/q;+1/p-1. The summed E-state index contributed by atoms with van der Waals surface area (Å²) in [6.45, 7) is -1.59. The molecule has 0 fully saturated rings. The van der Waals surface area contributed by atoms with Crippen LogP contribution in [0.15, 0.2) is 18.3 Å². The van der Waals surface area contributed by atoms with Crippen molar-refractivity contribution in [3.63, 3.8) is 0 Å². The number of halogens is 10. The van der Waals surface area contributed by atoms with Gasteiger partial charge in [-0.3, -0.25) is 0 Å². The molecule has 0 aliphatic rings. The average Bonchev–Trinajstić information content (AvgIpc) is 2.97. The normalized spacial score (nSPS) is 13.1. The molecule has 2 rings (SSSR count). The number of aromatic nitrogens is 2. The maximum Gasteiger partial charge on any atom is 0.482 e. The summed E-state index contributed by atoms with van der Waals surface area (Å²) in [5.41, 5.74) is -8.17. The highest BCUT2D eigenvalue weighted by Crippen LogP contribution is 2.44. The third-order valence-corrected chi connectivity index (χ3v) is 3.54. The van der Waals surface area contributed by atoms with Crippen molar-refractivity contribution < 1.29 is 47.7 Å². The number of alkyl halides is 10. The van der Waals surface area contributed by atoms with Crippen LogP contribution in [0, 0.1) is 0 Å². The Balaban J connectivity index is 2.92. The fourth-order valence-corrected chi connectivity index (χ4v) is 2.51. The van der Waals surface area contributed by atoms with E-state index in [9.17, 15) is 43.9 Å². The summed E-state index contributed by atoms with van der Waals surface area (Å²) < 4.78 is 134. The molecule has 0 atom stereocenters. The van der Waals surface area contributed by atoms with Crippen LogP contribution in [0.2, 0.25) is 0 Å². The van der Waals surface area contributed by atoms with Crippen molar-refractivity contribution in [2.45, 2.75) is 25.2 Å². The van der Waals surface area contributed by atoms with E-state index in [2.05, 4.69) is 8.89 Å². The second-order valence-electron chi connectivity index (χ2n) is 5.05. The predicted molar refractivity (Wildman–Crippen MR) is 69.8 cm³/mol. The Morgan fingerprint density at radius 3 is 1.93 bits per heavy atom. The van der Waals surface area contributed by atoms with Gasteiger partial charge >= 0.3 is 35.2 Å². The zero-order valence-electron chi connectivity index (χ0n) is 12.6. The molecule has 146 valence electrons. The zero-order chi connectivity index (χ0) is 20.8. The van der Waals surface area contributed by atoms with Crippen molar-refractivity contribution >= 4 is 16.6 Å². The molecule has 0 bridgehead atoms. The lowest BCUT2D eigenvalue weighted by atomic mass is 10.1. The lowest BCUT2D eigenvalue weighted by molar-refractivity contribution is -0.164. The average molecular weight is 422 g/mol. The van der Waals surface area contributed by atoms with Crippen LogP contribution in [-0.4, -0.2) is 26.4 Å². The van der Waals surface area contributed by atoms with Crippen LogP contribution < -0.4 is 3.79 Å². The molecule has 27 heavy (non-hydrogen) atoms. The quantitative estimate of drug-likeness (QED) is 0.522. The molecule has 0 amide bonds. The van der Waals surface area contributed by atoms with Gasteiger partial charge in [0.25, 0.3) is 0 Å². The fraction of sp³-hybridized carbons (Fsp3) is 0.308. The van der Waals surface area contributed by atoms with Crippen molar-refractivity contribution in [1.82, 2.24) is 9.78 Å². The second kappa shape index (κ2) is 6.90. The number of hydrogen-bond acceptors (Lipinski definition) is 2. The molecule has 3 nitrogen and oxygen atoms in total. The van der Waals surface area contributed by atoms with Crippen LogP contribution in [0.3, 0.4) is 0 Å². The van der Waals surface area contributed by atoms with E-state index in [4.69, 9.17) is 0 Å². The van der Waals surface area contributed by atoms with Gasteiger partial charge in [-0.05, 0) is 12.1 Å². The maximum atomic E-state index is 13.2. The summed E-state index contributed by atoms with van der Waals surface area (Å²) in [6.07, 6.45) is -16.4. The van der Waals surface area contributed by atoms with Gasteiger partial charge in [-0.25, -0.2) is 9.07 Å². The highest BCUT2D eigenvalue weighted by molar-refractivity contribution is 6.00. The van der Waals surface area contributed by atoms with Gasteiger partial charge in [0, 0.05) is 5.56 Å². The molecule has 1 aromatic carbocycles. The van der Waals surface area contributed by atoms with Crippen LogP contribution in [0.5, 0.6) is 5.75 Å². The van der Waals surface area contributed by atoms with Gasteiger partial charge in [0.2, 0.25) is 0 Å². The number of hydrogen-bond donors (Lipinski definition) is 0. The van der Waals surface area contributed by atoms with E-state index in [0.29, 0.717) is 0 Å². The van der Waals surface area contributed by atoms with Crippen molar-refractivity contribution in [2.75, 3.05) is 0 Å². The van der Waals surface area contributed by atoms with Crippen molar-refractivity contribution in [3.8, 4) is 11.4 Å². The zero-order valence-corrected chi connectivity index (χ0v) is 13.8. The van der Waals surface area contributed by atoms with E-state index in [1.807, 2.05) is 0 Å². The third-order valence-electron chi connectivity index (χ3n) is 3.31. The molecule has 1 aromatic heterocycles. The Morgan fingerprint density at radius 2 is 1.52 bits per heavy atom. The largest absolute Gasteiger partial charge is 0.652 e. The molecular weight excluding hydrogens is 417 g/mol. The first-order chi connectivity index (χ1) is 12.2. The van der Waals surface area contributed by atoms with Gasteiger partial charge in [0.1, 0.15) is 23.7 Å². The first-order valence-electron chi connectivity index (χ1n) is 6.61. The molecular formula is C13H5AlF10N2O. The maximum absolute atomic E-state index is 13.2. The summed E-state index contributed by atoms with van der Waals surface area (Å²) in [7, 11) is 0. The smallest absolute Gasteiger partial charge is 0.482 e. The van der Waals surface area contributed by atoms with Gasteiger partial charge in [0.05, 0.1) is 11.8 Å². The lowest BCUT2D eigenvalue weighted by Crippen LogP contribution is -2.20. The number of benzene rings is 1. The third kappa shape index (κ3) is 4.16. The van der Waals surface area contributed by atoms with E-state index in [1.54, 1.807) is 0 Å². The first kappa shape index (κ1) is 21.4. The lowest BCUT2D eigenvalue weighted by Gasteiger charge is -2.20. The van der Waals surface area contributed by atoms with Crippen molar-refractivity contribution in [2.24, 2.45) is 0 Å². The highest BCUT2D eigenvalue weighted by atomic mass is 27.1. The summed E-state index contributed by atoms with van der Waals surface area (Å²) in [5, 5.41) is 2.92. The summed E-state index contributed by atoms with van der Waals surface area (Å²) in [4.78, 5) is 0. The Labute approximate surface area is 152 Å². The van der Waals surface area contributed by atoms with Gasteiger partial charge in [-0.1, -0.05) is 0 Å². The molecule has 14 heteroatoms. The van der Waals surface area contributed by atoms with E-state index >= 15 is 0 Å². The molecule has 0 spiro atoms. The Kier molecular flexibility index (Phi) is 5.46. The highest BCUT2D eigenvalue weighted by Gasteiger charge is 2.48. The summed E-state index contributed by atoms with van der Waals surface area (Å²) in [6, 6.07) is 0.352. The summed E-state index contributed by atoms with van der Waals surface area (Å²) in [5.74, 6) is -0.849. The fourth-order valence-electron chi connectivity index (χ4n) is 2.24. The monoisotopic (exact) mass is 422 g/mol. The molecule has 0 aliphatic carbocycles. The van der Waals surface area contributed by atoms with Crippen LogP contribution in [0.4, 0.5) is 43.9 Å². The summed E-state index contributed by atoms with van der Waals surface area (Å²) >= 11 is 1.47. The van der Waals surface area contributed by atoms with E-state index in [0.717, 1.165) is 0 Å². The number of rotatable bonds is 3. The Hall–Kier alpha value is -1.94. The van der Waals surface area contributed by atoms with Gasteiger partial charge < -0.3 is 3.79 Å². The van der Waals surface area contributed by atoms with Gasteiger partial charge in [-0.15, -0.1) is 0 Å². The molecule has 0 N–H and O–H groups in total. The Morgan fingerprint density at radius 1 is 0.926 bits per heavy atom. The van der Waals surface area contributed by atoms with Crippen molar-refractivity contribution in [1.29, 1.82) is 0 Å². The molecule has 0 saturated carbocycles. The predicted octanol–water partition coefficient (Wildman–Crippen LogP) is 4.86. The second-order valence-corrected chi connectivity index (χ2v) is 5.28. The molecule has 2 aromatic rings. The van der Waals surface area contributed by atoms with Gasteiger partial charge in [-0.2, -0.15) is 44.6 Å². The number of nitrogens with zero attached hydrogens (tertiary/aromatic N) is 2. The van der Waals surface area contributed by atoms with Crippen LogP contribution in [-0.2, 0) is 25.2 Å². The van der Waals surface area contributed by atoms with E-state index in [-0.39, 0.29) is 18.3 Å². The topological polar surface area (TPSA) is 27.1 Å². The molecule has 0 unspecified atom stereocenters. The minimum Gasteiger partial charge on any atom is -0.652 e. The molecule has 2 radical (unpaired) electrons. The van der Waals surface area contributed by atoms with E-state index < -0.39 is 63.7 Å².